The van der Waals surface area contributed by atoms with E-state index in [9.17, 15) is 9.59 Å². The summed E-state index contributed by atoms with van der Waals surface area (Å²) in [6.45, 7) is 1.65. The number of nitrogens with one attached hydrogen (secondary N) is 2. The topological polar surface area (TPSA) is 58.2 Å². The maximum atomic E-state index is 12.3. The van der Waals surface area contributed by atoms with Crippen molar-refractivity contribution < 1.29 is 9.59 Å². The van der Waals surface area contributed by atoms with Crippen LogP contribution in [0.25, 0.3) is 0 Å². The minimum absolute atomic E-state index is 0.315. The second-order valence-electron chi connectivity index (χ2n) is 9.56. The molecule has 4 heteroatoms. The Bertz CT molecular complexity index is 474. The van der Waals surface area contributed by atoms with Crippen LogP contribution in [0, 0.1) is 35.5 Å². The first-order chi connectivity index (χ1) is 12.7. The van der Waals surface area contributed by atoms with E-state index < -0.39 is 0 Å². The smallest absolute Gasteiger partial charge is 0.223 e. The summed E-state index contributed by atoms with van der Waals surface area (Å²) in [5.41, 5.74) is 0. The molecule has 0 aliphatic heterocycles. The Morgan fingerprint density at radius 2 is 1.08 bits per heavy atom. The molecule has 0 heterocycles. The average Bonchev–Trinajstić information content (AvgIpc) is 3.43. The van der Waals surface area contributed by atoms with Crippen LogP contribution in [0.2, 0.25) is 0 Å². The van der Waals surface area contributed by atoms with E-state index in [0.29, 0.717) is 35.5 Å². The van der Waals surface area contributed by atoms with Crippen LogP contribution in [0.4, 0.5) is 0 Å². The summed E-state index contributed by atoms with van der Waals surface area (Å²) in [4.78, 5) is 24.5. The van der Waals surface area contributed by atoms with E-state index in [0.717, 1.165) is 63.5 Å². The Balaban J connectivity index is 0.996. The van der Waals surface area contributed by atoms with Gasteiger partial charge in [-0.15, -0.1) is 0 Å². The highest BCUT2D eigenvalue weighted by Gasteiger charge is 2.43. The van der Waals surface area contributed by atoms with Crippen molar-refractivity contribution >= 4 is 11.8 Å². The first kappa shape index (κ1) is 18.3. The molecule has 2 N–H and O–H groups in total. The Morgan fingerprint density at radius 3 is 1.42 bits per heavy atom. The van der Waals surface area contributed by atoms with Crippen molar-refractivity contribution in [3.05, 3.63) is 0 Å². The zero-order valence-corrected chi connectivity index (χ0v) is 16.2. The summed E-state index contributed by atoms with van der Waals surface area (Å²) in [6, 6.07) is 0. The van der Waals surface area contributed by atoms with Crippen LogP contribution >= 0.6 is 0 Å². The maximum Gasteiger partial charge on any atom is 0.223 e. The summed E-state index contributed by atoms with van der Waals surface area (Å²) in [5.74, 6) is 4.29. The molecule has 4 nitrogen and oxygen atoms in total. The van der Waals surface area contributed by atoms with Crippen molar-refractivity contribution in [2.24, 2.45) is 35.5 Å². The van der Waals surface area contributed by atoms with Gasteiger partial charge >= 0.3 is 0 Å². The fraction of sp³-hybridized carbons (Fsp3) is 0.909. The van der Waals surface area contributed by atoms with Crippen molar-refractivity contribution in [3.63, 3.8) is 0 Å². The number of carbonyl (C=O) groups is 2. The third-order valence-electron chi connectivity index (χ3n) is 7.85. The zero-order valence-electron chi connectivity index (χ0n) is 16.2. The Labute approximate surface area is 158 Å². The van der Waals surface area contributed by atoms with Gasteiger partial charge in [0.15, 0.2) is 0 Å². The number of amides is 2. The molecule has 4 rings (SSSR count). The van der Waals surface area contributed by atoms with Gasteiger partial charge in [-0.1, -0.05) is 25.7 Å². The Morgan fingerprint density at radius 1 is 0.615 bits per heavy atom. The number of unbranched alkanes of at least 4 members (excludes halogenated alkanes) is 3. The summed E-state index contributed by atoms with van der Waals surface area (Å²) < 4.78 is 0. The molecular weight excluding hydrogens is 324 g/mol. The average molecular weight is 361 g/mol. The van der Waals surface area contributed by atoms with Gasteiger partial charge in [-0.05, 0) is 75.0 Å². The van der Waals surface area contributed by atoms with Gasteiger partial charge in [0.25, 0.3) is 0 Å². The van der Waals surface area contributed by atoms with E-state index in [1.54, 1.807) is 0 Å². The molecule has 2 amide bonds. The van der Waals surface area contributed by atoms with Gasteiger partial charge in [-0.25, -0.2) is 0 Å². The molecule has 146 valence electrons. The lowest BCUT2D eigenvalue weighted by molar-refractivity contribution is -0.127. The Hall–Kier alpha value is -1.06. The summed E-state index contributed by atoms with van der Waals surface area (Å²) in [5, 5.41) is 6.32. The van der Waals surface area contributed by atoms with Crippen molar-refractivity contribution in [2.45, 2.75) is 77.0 Å². The highest BCUT2D eigenvalue weighted by molar-refractivity contribution is 5.79. The van der Waals surface area contributed by atoms with E-state index in [4.69, 9.17) is 0 Å². The molecule has 0 radical (unpaired) electrons. The van der Waals surface area contributed by atoms with Crippen LogP contribution < -0.4 is 10.6 Å². The number of carbonyl (C=O) groups excluding carboxylic acids is 2. The van der Waals surface area contributed by atoms with Crippen molar-refractivity contribution in [1.82, 2.24) is 10.6 Å². The van der Waals surface area contributed by atoms with Crippen LogP contribution in [-0.2, 0) is 9.59 Å². The fourth-order valence-electron chi connectivity index (χ4n) is 6.42. The molecule has 26 heavy (non-hydrogen) atoms. The third-order valence-corrected chi connectivity index (χ3v) is 7.85. The summed E-state index contributed by atoms with van der Waals surface area (Å²) >= 11 is 0. The second-order valence-corrected chi connectivity index (χ2v) is 9.56. The molecular formula is C22H36N2O2. The van der Waals surface area contributed by atoms with Gasteiger partial charge in [0.1, 0.15) is 0 Å². The molecule has 4 fully saturated rings. The molecule has 4 saturated carbocycles. The highest BCUT2D eigenvalue weighted by atomic mass is 16.2. The van der Waals surface area contributed by atoms with Crippen LogP contribution in [0.5, 0.6) is 0 Å². The Kier molecular flexibility index (Phi) is 5.85. The van der Waals surface area contributed by atoms with Gasteiger partial charge in [0.2, 0.25) is 11.8 Å². The second kappa shape index (κ2) is 8.31. The standard InChI is InChI=1S/C22H36N2O2/c25-21(19-13-15-5-7-17(19)11-15)23-9-3-1-2-4-10-24-22(26)20-14-16-6-8-18(20)12-16/h15-20H,1-14H2,(H,23,25)(H,24,26). The predicted molar refractivity (Wildman–Crippen MR) is 102 cm³/mol. The van der Waals surface area contributed by atoms with Crippen molar-refractivity contribution in [1.29, 1.82) is 0 Å². The number of fused-ring (bicyclic) bond motifs is 4. The normalized spacial score (nSPS) is 37.2. The van der Waals surface area contributed by atoms with Gasteiger partial charge in [-0.2, -0.15) is 0 Å². The number of rotatable bonds is 9. The van der Waals surface area contributed by atoms with E-state index in [1.165, 1.54) is 38.5 Å². The first-order valence-electron chi connectivity index (χ1n) is 11.3. The lowest BCUT2D eigenvalue weighted by Crippen LogP contribution is -2.34. The number of hydrogen-bond donors (Lipinski definition) is 2. The van der Waals surface area contributed by atoms with E-state index in [1.807, 2.05) is 0 Å². The maximum absolute atomic E-state index is 12.3. The van der Waals surface area contributed by atoms with Crippen LogP contribution in [0.15, 0.2) is 0 Å². The minimum atomic E-state index is 0.315. The van der Waals surface area contributed by atoms with Crippen molar-refractivity contribution in [3.8, 4) is 0 Å². The van der Waals surface area contributed by atoms with Gasteiger partial charge in [0, 0.05) is 24.9 Å². The van der Waals surface area contributed by atoms with E-state index in [-0.39, 0.29) is 0 Å². The lowest BCUT2D eigenvalue weighted by atomic mass is 9.88. The molecule has 0 aromatic rings. The van der Waals surface area contributed by atoms with Crippen LogP contribution in [-0.4, -0.2) is 24.9 Å². The molecule has 0 saturated heterocycles. The minimum Gasteiger partial charge on any atom is -0.356 e. The first-order valence-corrected chi connectivity index (χ1v) is 11.3. The monoisotopic (exact) mass is 360 g/mol. The summed E-state index contributed by atoms with van der Waals surface area (Å²) in [6.07, 6.45) is 14.5. The molecule has 0 aromatic carbocycles. The molecule has 6 unspecified atom stereocenters. The van der Waals surface area contributed by atoms with Crippen LogP contribution in [0.3, 0.4) is 0 Å². The largest absolute Gasteiger partial charge is 0.356 e. The highest BCUT2D eigenvalue weighted by Crippen LogP contribution is 2.49. The van der Waals surface area contributed by atoms with Gasteiger partial charge in [-0.3, -0.25) is 9.59 Å². The zero-order chi connectivity index (χ0) is 17.9. The molecule has 4 bridgehead atoms. The quantitative estimate of drug-likeness (QED) is 0.617. The molecule has 4 aliphatic carbocycles. The van der Waals surface area contributed by atoms with E-state index >= 15 is 0 Å². The van der Waals surface area contributed by atoms with E-state index in [2.05, 4.69) is 10.6 Å². The fourth-order valence-corrected chi connectivity index (χ4v) is 6.42. The molecule has 4 aliphatic rings. The SMILES string of the molecule is O=C(NCCCCCCNC(=O)C1CC2CCC1C2)C1CC2CCC1C2. The molecule has 0 aromatic heterocycles. The van der Waals surface area contributed by atoms with Crippen LogP contribution in [0.1, 0.15) is 77.0 Å². The molecule has 0 spiro atoms. The predicted octanol–water partition coefficient (Wildman–Crippen LogP) is 3.65. The van der Waals surface area contributed by atoms with Gasteiger partial charge in [0.05, 0.1) is 0 Å². The third kappa shape index (κ3) is 4.09. The van der Waals surface area contributed by atoms with Crippen molar-refractivity contribution in [2.75, 3.05) is 13.1 Å². The lowest BCUT2D eigenvalue weighted by Gasteiger charge is -2.21. The number of hydrogen-bond acceptors (Lipinski definition) is 2. The molecule has 6 atom stereocenters. The summed E-state index contributed by atoms with van der Waals surface area (Å²) in [7, 11) is 0. The van der Waals surface area contributed by atoms with Gasteiger partial charge < -0.3 is 10.6 Å².